The van der Waals surface area contributed by atoms with E-state index in [1.54, 1.807) is 0 Å². The van der Waals surface area contributed by atoms with E-state index >= 15 is 0 Å². The maximum absolute atomic E-state index is 11.7. The van der Waals surface area contributed by atoms with Crippen LogP contribution in [0.3, 0.4) is 0 Å². The molecule has 31 heavy (non-hydrogen) atoms. The fourth-order valence-corrected chi connectivity index (χ4v) is 4.13. The van der Waals surface area contributed by atoms with Gasteiger partial charge in [0, 0.05) is 18.4 Å². The summed E-state index contributed by atoms with van der Waals surface area (Å²) in [6.07, 6.45) is 1.87. The fraction of sp³-hybridized carbons (Fsp3) is 0.360. The summed E-state index contributed by atoms with van der Waals surface area (Å²) in [5, 5.41) is 0. The molecule has 4 fully saturated rings. The normalized spacial score (nSPS) is 26.9. The molecule has 6 rings (SSSR count). The van der Waals surface area contributed by atoms with E-state index in [9.17, 15) is 19.2 Å². The molecule has 1 saturated heterocycles. The molecule has 0 aromatic heterocycles. The van der Waals surface area contributed by atoms with Crippen molar-refractivity contribution in [3.05, 3.63) is 71.8 Å². The molecule has 0 bridgehead atoms. The summed E-state index contributed by atoms with van der Waals surface area (Å²) in [5.74, 6) is 0.773. The van der Waals surface area contributed by atoms with Crippen LogP contribution in [0.2, 0.25) is 0 Å². The van der Waals surface area contributed by atoms with E-state index in [0.717, 1.165) is 18.4 Å². The van der Waals surface area contributed by atoms with E-state index < -0.39 is 0 Å². The zero-order valence-corrected chi connectivity index (χ0v) is 17.3. The number of piperidine rings is 1. The van der Waals surface area contributed by atoms with Gasteiger partial charge in [-0.2, -0.15) is 0 Å². The average Bonchev–Trinajstić information content (AvgIpc) is 3.70. The first-order valence-corrected chi connectivity index (χ1v) is 10.7. The molecule has 4 atom stereocenters. The number of likely N-dealkylation sites (tertiary alicyclic amines) is 1. The standard InChI is InChI=1S/C12H11NO2.C7H9N.C6H6O2/c14-11-9-6-10(9)12(15)13(11)7-8-4-2-1-3-5-8;8-6-7-4-2-1-3-5-7;7-5-2-6(8)4-1-3(4)5/h1-5,9-10H,6-7H2;1-5H,6,8H2;3-4H,1-2H2. The summed E-state index contributed by atoms with van der Waals surface area (Å²) in [7, 11) is 0. The molecule has 2 aromatic rings. The Hall–Kier alpha value is -3.12. The van der Waals surface area contributed by atoms with Crippen LogP contribution in [0, 0.1) is 23.7 Å². The largest absolute Gasteiger partial charge is 0.326 e. The lowest BCUT2D eigenvalue weighted by molar-refractivity contribution is -0.142. The number of ketones is 2. The Morgan fingerprint density at radius 3 is 1.48 bits per heavy atom. The second-order valence-corrected chi connectivity index (χ2v) is 8.44. The number of hydrogen-bond acceptors (Lipinski definition) is 5. The molecule has 4 aliphatic rings. The van der Waals surface area contributed by atoms with Crippen molar-refractivity contribution in [1.29, 1.82) is 0 Å². The van der Waals surface area contributed by atoms with Crippen LogP contribution in [0.1, 0.15) is 30.4 Å². The van der Waals surface area contributed by atoms with E-state index in [1.165, 1.54) is 10.5 Å². The minimum absolute atomic E-state index is 0.0150. The van der Waals surface area contributed by atoms with Gasteiger partial charge >= 0.3 is 0 Å². The van der Waals surface area contributed by atoms with Crippen molar-refractivity contribution in [2.24, 2.45) is 29.4 Å². The number of imide groups is 1. The highest BCUT2D eigenvalue weighted by atomic mass is 16.2. The Kier molecular flexibility index (Phi) is 6.09. The molecule has 2 N–H and O–H groups in total. The van der Waals surface area contributed by atoms with Gasteiger partial charge in [0.25, 0.3) is 0 Å². The quantitative estimate of drug-likeness (QED) is 0.610. The number of nitrogens with zero attached hydrogens (tertiary/aromatic N) is 1. The van der Waals surface area contributed by atoms with Crippen LogP contribution < -0.4 is 5.73 Å². The van der Waals surface area contributed by atoms with Crippen molar-refractivity contribution in [2.75, 3.05) is 0 Å². The van der Waals surface area contributed by atoms with Crippen LogP contribution in [0.15, 0.2) is 60.7 Å². The maximum Gasteiger partial charge on any atom is 0.233 e. The summed E-state index contributed by atoms with van der Waals surface area (Å²) in [6, 6.07) is 19.6. The SMILES string of the molecule is NCc1ccccc1.O=C1C2CC2C(=O)N1Cc1ccccc1.O=C1CC(=O)C2CC12. The first kappa shape index (κ1) is 21.1. The Morgan fingerprint density at radius 1 is 0.677 bits per heavy atom. The molecule has 2 aromatic carbocycles. The molecule has 6 nitrogen and oxygen atoms in total. The Morgan fingerprint density at radius 2 is 1.13 bits per heavy atom. The first-order chi connectivity index (χ1) is 15.0. The third kappa shape index (κ3) is 4.80. The van der Waals surface area contributed by atoms with Crippen molar-refractivity contribution in [3.8, 4) is 0 Å². The number of benzene rings is 2. The van der Waals surface area contributed by atoms with E-state index in [2.05, 4.69) is 0 Å². The molecule has 6 heteroatoms. The minimum Gasteiger partial charge on any atom is -0.326 e. The summed E-state index contributed by atoms with van der Waals surface area (Å²) in [4.78, 5) is 45.9. The molecule has 3 aliphatic carbocycles. The van der Waals surface area contributed by atoms with Crippen LogP contribution in [0.25, 0.3) is 0 Å². The second-order valence-electron chi connectivity index (χ2n) is 8.44. The summed E-state index contributed by atoms with van der Waals surface area (Å²) in [6.45, 7) is 1.08. The van der Waals surface area contributed by atoms with Gasteiger partial charge < -0.3 is 5.73 Å². The lowest BCUT2D eigenvalue weighted by Crippen LogP contribution is -2.32. The van der Waals surface area contributed by atoms with Crippen molar-refractivity contribution in [3.63, 3.8) is 0 Å². The van der Waals surface area contributed by atoms with Crippen LogP contribution in [-0.4, -0.2) is 28.3 Å². The third-order valence-corrected chi connectivity index (χ3v) is 6.18. The molecule has 1 aliphatic heterocycles. The average molecular weight is 418 g/mol. The van der Waals surface area contributed by atoms with Gasteiger partial charge in [0.15, 0.2) is 0 Å². The van der Waals surface area contributed by atoms with E-state index in [1.807, 2.05) is 60.7 Å². The van der Waals surface area contributed by atoms with E-state index in [0.29, 0.717) is 13.1 Å². The smallest absolute Gasteiger partial charge is 0.233 e. The minimum atomic E-state index is 0.0150. The van der Waals surface area contributed by atoms with Crippen molar-refractivity contribution in [1.82, 2.24) is 4.90 Å². The zero-order chi connectivity index (χ0) is 22.0. The van der Waals surface area contributed by atoms with Crippen LogP contribution in [0.5, 0.6) is 0 Å². The summed E-state index contributed by atoms with van der Waals surface area (Å²) in [5.41, 5.74) is 7.55. The van der Waals surface area contributed by atoms with Crippen LogP contribution in [-0.2, 0) is 32.3 Å². The topological polar surface area (TPSA) is 97.5 Å². The highest BCUT2D eigenvalue weighted by Crippen LogP contribution is 2.47. The van der Waals surface area contributed by atoms with E-state index in [4.69, 9.17) is 5.73 Å². The van der Waals surface area contributed by atoms with Gasteiger partial charge in [0.1, 0.15) is 11.6 Å². The molecule has 1 heterocycles. The Balaban J connectivity index is 0.000000123. The second kappa shape index (κ2) is 8.94. The third-order valence-electron chi connectivity index (χ3n) is 6.18. The predicted octanol–water partition coefficient (Wildman–Crippen LogP) is 2.50. The van der Waals surface area contributed by atoms with Gasteiger partial charge in [-0.3, -0.25) is 24.1 Å². The molecule has 3 saturated carbocycles. The highest BCUT2D eigenvalue weighted by molar-refractivity contribution is 6.12. The number of nitrogens with two attached hydrogens (primary N) is 1. The number of Topliss-reactive ketones (excluding diaryl/α,β-unsaturated/α-hetero) is 2. The van der Waals surface area contributed by atoms with Gasteiger partial charge in [0.05, 0.1) is 24.8 Å². The number of fused-ring (bicyclic) bond motifs is 2. The molecule has 160 valence electrons. The van der Waals surface area contributed by atoms with Crippen molar-refractivity contribution < 1.29 is 19.2 Å². The van der Waals surface area contributed by atoms with Crippen LogP contribution >= 0.6 is 0 Å². The first-order valence-electron chi connectivity index (χ1n) is 10.7. The lowest BCUT2D eigenvalue weighted by atomic mass is 10.2. The van der Waals surface area contributed by atoms with Crippen molar-refractivity contribution in [2.45, 2.75) is 32.4 Å². The van der Waals surface area contributed by atoms with Gasteiger partial charge in [-0.05, 0) is 24.0 Å². The summed E-state index contributed by atoms with van der Waals surface area (Å²) >= 11 is 0. The van der Waals surface area contributed by atoms with Gasteiger partial charge in [-0.25, -0.2) is 0 Å². The molecular weight excluding hydrogens is 392 g/mol. The molecule has 0 radical (unpaired) electrons. The molecule has 4 unspecified atom stereocenters. The predicted molar refractivity (Wildman–Crippen MR) is 114 cm³/mol. The highest BCUT2D eigenvalue weighted by Gasteiger charge is 2.58. The number of hydrogen-bond donors (Lipinski definition) is 1. The van der Waals surface area contributed by atoms with Gasteiger partial charge in [-0.1, -0.05) is 60.7 Å². The van der Waals surface area contributed by atoms with Crippen LogP contribution in [0.4, 0.5) is 0 Å². The monoisotopic (exact) mass is 418 g/mol. The number of carbonyl (C=O) groups is 4. The Bertz CT molecular complexity index is 951. The maximum atomic E-state index is 11.7. The number of rotatable bonds is 3. The summed E-state index contributed by atoms with van der Waals surface area (Å²) < 4.78 is 0. The molecule has 2 amide bonds. The number of amides is 2. The van der Waals surface area contributed by atoms with Gasteiger partial charge in [-0.15, -0.1) is 0 Å². The zero-order valence-electron chi connectivity index (χ0n) is 17.3. The molecule has 0 spiro atoms. The lowest BCUT2D eigenvalue weighted by Gasteiger charge is -2.15. The Labute approximate surface area is 181 Å². The fourth-order valence-electron chi connectivity index (χ4n) is 4.13. The number of carbonyl (C=O) groups excluding carboxylic acids is 4. The molecular formula is C25H26N2O4. The van der Waals surface area contributed by atoms with Gasteiger partial charge in [0.2, 0.25) is 11.8 Å². The van der Waals surface area contributed by atoms with Crippen molar-refractivity contribution >= 4 is 23.4 Å². The van der Waals surface area contributed by atoms with E-state index in [-0.39, 0.29) is 53.5 Å².